The van der Waals surface area contributed by atoms with Crippen molar-refractivity contribution >= 4 is 5.78 Å². The van der Waals surface area contributed by atoms with Crippen LogP contribution in [-0.2, 0) is 9.53 Å². The number of halogens is 3. The minimum absolute atomic E-state index is 0.0429. The molecule has 5 heteroatoms. The fourth-order valence-electron chi connectivity index (χ4n) is 3.02. The Morgan fingerprint density at radius 3 is 2.45 bits per heavy atom. The first kappa shape index (κ1) is 17.5. The van der Waals surface area contributed by atoms with Crippen LogP contribution in [0.15, 0.2) is 0 Å². The number of ketones is 1. The van der Waals surface area contributed by atoms with E-state index in [2.05, 4.69) is 11.7 Å². The van der Waals surface area contributed by atoms with Gasteiger partial charge < -0.3 is 4.74 Å². The van der Waals surface area contributed by atoms with Crippen molar-refractivity contribution in [3.63, 3.8) is 0 Å². The molecule has 0 aliphatic heterocycles. The Labute approximate surface area is 119 Å². The average Bonchev–Trinajstić information content (AvgIpc) is 2.26. The summed E-state index contributed by atoms with van der Waals surface area (Å²) in [5, 5.41) is 0. The van der Waals surface area contributed by atoms with E-state index in [1.54, 1.807) is 0 Å². The van der Waals surface area contributed by atoms with E-state index in [1.807, 2.05) is 13.8 Å². The minimum atomic E-state index is -4.26. The quantitative estimate of drug-likeness (QED) is 0.680. The third-order valence-electron chi connectivity index (χ3n) is 4.21. The summed E-state index contributed by atoms with van der Waals surface area (Å²) < 4.78 is 40.4. The number of carbonyl (C=O) groups excluding carboxylic acids is 1. The number of Topliss-reactive ketones (excluding diaryl/α,β-unsaturated/α-hetero) is 1. The van der Waals surface area contributed by atoms with Gasteiger partial charge in [-0.2, -0.15) is 13.2 Å². The third kappa shape index (κ3) is 5.81. The van der Waals surface area contributed by atoms with Gasteiger partial charge in [0, 0.05) is 18.9 Å². The summed E-state index contributed by atoms with van der Waals surface area (Å²) in [6, 6.07) is 0. The van der Waals surface area contributed by atoms with Crippen molar-refractivity contribution < 1.29 is 22.7 Å². The highest BCUT2D eigenvalue weighted by molar-refractivity contribution is 5.82. The number of ether oxygens (including phenoxy) is 1. The van der Waals surface area contributed by atoms with Gasteiger partial charge in [0.25, 0.3) is 0 Å². The molecule has 1 rings (SSSR count). The van der Waals surface area contributed by atoms with Gasteiger partial charge in [-0.05, 0) is 37.0 Å². The number of hydrogen-bond acceptors (Lipinski definition) is 2. The maximum absolute atomic E-state index is 12.1. The second-order valence-electron chi connectivity index (χ2n) is 6.67. The molecule has 0 amide bonds. The zero-order chi connectivity index (χ0) is 15.4. The molecule has 0 spiro atoms. The van der Waals surface area contributed by atoms with Gasteiger partial charge in [0.2, 0.25) is 0 Å². The predicted octanol–water partition coefficient (Wildman–Crippen LogP) is 4.38. The highest BCUT2D eigenvalue weighted by Crippen LogP contribution is 2.40. The topological polar surface area (TPSA) is 26.3 Å². The molecule has 2 atom stereocenters. The molecule has 20 heavy (non-hydrogen) atoms. The van der Waals surface area contributed by atoms with Gasteiger partial charge in [0.1, 0.15) is 12.4 Å². The largest absolute Gasteiger partial charge is 0.411 e. The van der Waals surface area contributed by atoms with Crippen LogP contribution >= 0.6 is 0 Å². The van der Waals surface area contributed by atoms with Crippen molar-refractivity contribution in [3.8, 4) is 0 Å². The fourth-order valence-corrected chi connectivity index (χ4v) is 3.02. The molecule has 2 unspecified atom stereocenters. The summed E-state index contributed by atoms with van der Waals surface area (Å²) in [6.45, 7) is 5.07. The maximum atomic E-state index is 12.1. The van der Waals surface area contributed by atoms with Gasteiger partial charge in [-0.1, -0.05) is 20.8 Å². The van der Waals surface area contributed by atoms with Crippen LogP contribution in [0.4, 0.5) is 13.2 Å². The van der Waals surface area contributed by atoms with Gasteiger partial charge in [-0.3, -0.25) is 4.79 Å². The average molecular weight is 294 g/mol. The second-order valence-corrected chi connectivity index (χ2v) is 6.67. The van der Waals surface area contributed by atoms with Crippen LogP contribution in [0.2, 0.25) is 0 Å². The van der Waals surface area contributed by atoms with E-state index >= 15 is 0 Å². The number of rotatable bonds is 6. The summed E-state index contributed by atoms with van der Waals surface area (Å²) in [6.07, 6.45) is -0.386. The number of hydrogen-bond donors (Lipinski definition) is 0. The van der Waals surface area contributed by atoms with Crippen molar-refractivity contribution in [1.82, 2.24) is 0 Å². The van der Waals surface area contributed by atoms with Crippen molar-refractivity contribution in [2.24, 2.45) is 17.3 Å². The lowest BCUT2D eigenvalue weighted by Gasteiger charge is -2.37. The normalized spacial score (nSPS) is 25.0. The van der Waals surface area contributed by atoms with Crippen LogP contribution < -0.4 is 0 Å². The van der Waals surface area contributed by atoms with E-state index < -0.39 is 12.8 Å². The molecule has 1 saturated carbocycles. The Balaban J connectivity index is 2.32. The van der Waals surface area contributed by atoms with Crippen molar-refractivity contribution in [1.29, 1.82) is 0 Å². The molecular formula is C15H25F3O2. The third-order valence-corrected chi connectivity index (χ3v) is 4.21. The smallest absolute Gasteiger partial charge is 0.372 e. The Morgan fingerprint density at radius 1 is 1.25 bits per heavy atom. The van der Waals surface area contributed by atoms with Gasteiger partial charge in [0.05, 0.1) is 0 Å². The Kier molecular flexibility index (Phi) is 6.05. The highest BCUT2D eigenvalue weighted by atomic mass is 19.4. The molecule has 1 aliphatic carbocycles. The molecule has 0 aromatic heterocycles. The van der Waals surface area contributed by atoms with Crippen molar-refractivity contribution in [2.75, 3.05) is 13.2 Å². The van der Waals surface area contributed by atoms with Crippen molar-refractivity contribution in [3.05, 3.63) is 0 Å². The molecule has 0 aromatic rings. The van der Waals surface area contributed by atoms with Crippen LogP contribution in [0.1, 0.15) is 52.9 Å². The lowest BCUT2D eigenvalue weighted by Crippen LogP contribution is -2.35. The first-order chi connectivity index (χ1) is 9.12. The first-order valence-corrected chi connectivity index (χ1v) is 7.29. The Hall–Kier alpha value is -0.580. The fraction of sp³-hybridized carbons (Fsp3) is 0.933. The van der Waals surface area contributed by atoms with Gasteiger partial charge in [-0.15, -0.1) is 0 Å². The zero-order valence-corrected chi connectivity index (χ0v) is 12.6. The molecule has 0 radical (unpaired) electrons. The summed E-state index contributed by atoms with van der Waals surface area (Å²) in [7, 11) is 0. The van der Waals surface area contributed by atoms with E-state index in [1.165, 1.54) is 0 Å². The highest BCUT2D eigenvalue weighted by Gasteiger charge is 2.37. The molecule has 118 valence electrons. The molecule has 0 bridgehead atoms. The lowest BCUT2D eigenvalue weighted by atomic mass is 9.66. The zero-order valence-electron chi connectivity index (χ0n) is 12.6. The molecule has 0 N–H and O–H groups in total. The van der Waals surface area contributed by atoms with Gasteiger partial charge in [-0.25, -0.2) is 0 Å². The monoisotopic (exact) mass is 294 g/mol. The molecule has 0 aromatic carbocycles. The molecule has 1 aliphatic rings. The SMILES string of the molecule is CC1CCC(C(C)(C)CCCOCC(F)(F)F)C(=O)C1. The Morgan fingerprint density at radius 2 is 1.90 bits per heavy atom. The van der Waals surface area contributed by atoms with Crippen LogP contribution in [0.5, 0.6) is 0 Å². The standard InChI is InChI=1S/C15H25F3O2/c1-11-5-6-12(13(19)9-11)14(2,3)7-4-8-20-10-15(16,17)18/h11-12H,4-10H2,1-3H3. The van der Waals surface area contributed by atoms with E-state index in [-0.39, 0.29) is 17.9 Å². The second kappa shape index (κ2) is 6.92. The van der Waals surface area contributed by atoms with Gasteiger partial charge >= 0.3 is 6.18 Å². The first-order valence-electron chi connectivity index (χ1n) is 7.29. The molecule has 2 nitrogen and oxygen atoms in total. The summed E-state index contributed by atoms with van der Waals surface area (Å²) in [4.78, 5) is 12.1. The van der Waals surface area contributed by atoms with E-state index in [0.29, 0.717) is 24.5 Å². The summed E-state index contributed by atoms with van der Waals surface area (Å²) in [5.74, 6) is 0.816. The van der Waals surface area contributed by atoms with Crippen LogP contribution in [0.25, 0.3) is 0 Å². The van der Waals surface area contributed by atoms with Crippen LogP contribution in [0, 0.1) is 17.3 Å². The molecular weight excluding hydrogens is 269 g/mol. The lowest BCUT2D eigenvalue weighted by molar-refractivity contribution is -0.174. The molecule has 1 fully saturated rings. The van der Waals surface area contributed by atoms with Gasteiger partial charge in [0.15, 0.2) is 0 Å². The molecule has 0 saturated heterocycles. The van der Waals surface area contributed by atoms with Crippen LogP contribution in [-0.4, -0.2) is 25.2 Å². The number of alkyl halides is 3. The summed E-state index contributed by atoms with van der Waals surface area (Å²) in [5.41, 5.74) is -0.154. The molecule has 0 heterocycles. The van der Waals surface area contributed by atoms with E-state index in [0.717, 1.165) is 19.3 Å². The summed E-state index contributed by atoms with van der Waals surface area (Å²) >= 11 is 0. The van der Waals surface area contributed by atoms with E-state index in [4.69, 9.17) is 0 Å². The number of carbonyl (C=O) groups is 1. The Bertz CT molecular complexity index is 324. The van der Waals surface area contributed by atoms with Crippen LogP contribution in [0.3, 0.4) is 0 Å². The minimum Gasteiger partial charge on any atom is -0.372 e. The maximum Gasteiger partial charge on any atom is 0.411 e. The predicted molar refractivity (Wildman–Crippen MR) is 71.4 cm³/mol. The van der Waals surface area contributed by atoms with Crippen molar-refractivity contribution in [2.45, 2.75) is 59.1 Å². The van der Waals surface area contributed by atoms with E-state index in [9.17, 15) is 18.0 Å².